The van der Waals surface area contributed by atoms with Crippen molar-refractivity contribution in [2.75, 3.05) is 31.7 Å². The molecule has 0 unspecified atom stereocenters. The Morgan fingerprint density at radius 3 is 2.76 bits per heavy atom. The molecule has 21 heavy (non-hydrogen) atoms. The molecule has 0 fully saturated rings. The summed E-state index contributed by atoms with van der Waals surface area (Å²) in [6, 6.07) is 6.27. The van der Waals surface area contributed by atoms with Crippen molar-refractivity contribution in [2.24, 2.45) is 0 Å². The van der Waals surface area contributed by atoms with E-state index >= 15 is 0 Å². The van der Waals surface area contributed by atoms with Gasteiger partial charge in [0, 0.05) is 32.3 Å². The molecule has 0 atom stereocenters. The second-order valence-electron chi connectivity index (χ2n) is 6.58. The monoisotopic (exact) mass is 289 g/mol. The first kappa shape index (κ1) is 16.0. The van der Waals surface area contributed by atoms with Crippen molar-refractivity contribution in [3.8, 4) is 0 Å². The molecule has 0 saturated heterocycles. The highest BCUT2D eigenvalue weighted by Crippen LogP contribution is 2.18. The van der Waals surface area contributed by atoms with Gasteiger partial charge in [0.15, 0.2) is 0 Å². The van der Waals surface area contributed by atoms with Crippen molar-refractivity contribution in [1.29, 1.82) is 0 Å². The Hall–Kier alpha value is -1.39. The third-order valence-electron chi connectivity index (χ3n) is 3.55. The standard InChI is InChI=1S/C17H27N3O/c1-17(2,3)18-12-15-6-5-7-16(19-15)20-10-8-14(9-11-20)13-21-4/h5-8,18H,9-13H2,1-4H3. The van der Waals surface area contributed by atoms with Crippen LogP contribution in [0.1, 0.15) is 32.9 Å². The number of ether oxygens (including phenoxy) is 1. The number of nitrogens with zero attached hydrogens (tertiary/aromatic N) is 2. The summed E-state index contributed by atoms with van der Waals surface area (Å²) in [5.74, 6) is 1.07. The first-order chi connectivity index (χ1) is 9.98. The molecule has 116 valence electrons. The van der Waals surface area contributed by atoms with Crippen LogP contribution in [0.5, 0.6) is 0 Å². The van der Waals surface area contributed by atoms with E-state index in [1.165, 1.54) is 5.57 Å². The van der Waals surface area contributed by atoms with Crippen LogP contribution in [0, 0.1) is 0 Å². The Morgan fingerprint density at radius 1 is 1.33 bits per heavy atom. The summed E-state index contributed by atoms with van der Waals surface area (Å²) in [5.41, 5.74) is 2.59. The molecular weight excluding hydrogens is 262 g/mol. The quantitative estimate of drug-likeness (QED) is 0.846. The molecule has 0 aromatic carbocycles. The number of pyridine rings is 1. The van der Waals surface area contributed by atoms with Gasteiger partial charge in [-0.25, -0.2) is 4.98 Å². The molecule has 0 spiro atoms. The van der Waals surface area contributed by atoms with Crippen LogP contribution in [0.4, 0.5) is 5.82 Å². The SMILES string of the molecule is COCC1=CCN(c2cccc(CNC(C)(C)C)n2)CC1. The van der Waals surface area contributed by atoms with E-state index in [0.29, 0.717) is 0 Å². The van der Waals surface area contributed by atoms with Crippen molar-refractivity contribution in [3.05, 3.63) is 35.5 Å². The summed E-state index contributed by atoms with van der Waals surface area (Å²) in [6.07, 6.45) is 3.31. The van der Waals surface area contributed by atoms with E-state index in [1.54, 1.807) is 7.11 Å². The van der Waals surface area contributed by atoms with Gasteiger partial charge in [-0.15, -0.1) is 0 Å². The van der Waals surface area contributed by atoms with E-state index < -0.39 is 0 Å². The molecule has 0 amide bonds. The first-order valence-electron chi connectivity index (χ1n) is 7.61. The Balaban J connectivity index is 1.98. The number of rotatable bonds is 5. The van der Waals surface area contributed by atoms with Gasteiger partial charge < -0.3 is 15.0 Å². The van der Waals surface area contributed by atoms with Crippen LogP contribution in [0.25, 0.3) is 0 Å². The molecule has 1 aromatic heterocycles. The highest BCUT2D eigenvalue weighted by Gasteiger charge is 2.14. The lowest BCUT2D eigenvalue weighted by Gasteiger charge is -2.28. The van der Waals surface area contributed by atoms with E-state index in [1.807, 2.05) is 0 Å². The smallest absolute Gasteiger partial charge is 0.129 e. The van der Waals surface area contributed by atoms with Gasteiger partial charge >= 0.3 is 0 Å². The third-order valence-corrected chi connectivity index (χ3v) is 3.55. The van der Waals surface area contributed by atoms with Crippen LogP contribution >= 0.6 is 0 Å². The predicted molar refractivity (Wildman–Crippen MR) is 87.6 cm³/mol. The molecule has 1 N–H and O–H groups in total. The van der Waals surface area contributed by atoms with Gasteiger partial charge in [-0.1, -0.05) is 12.1 Å². The largest absolute Gasteiger partial charge is 0.380 e. The summed E-state index contributed by atoms with van der Waals surface area (Å²) >= 11 is 0. The Labute approximate surface area is 128 Å². The lowest BCUT2D eigenvalue weighted by atomic mass is 10.1. The highest BCUT2D eigenvalue weighted by molar-refractivity contribution is 5.42. The van der Waals surface area contributed by atoms with E-state index in [4.69, 9.17) is 9.72 Å². The van der Waals surface area contributed by atoms with Crippen molar-refractivity contribution < 1.29 is 4.74 Å². The first-order valence-corrected chi connectivity index (χ1v) is 7.61. The second-order valence-corrected chi connectivity index (χ2v) is 6.58. The maximum atomic E-state index is 5.19. The molecule has 4 heteroatoms. The number of aromatic nitrogens is 1. The average molecular weight is 289 g/mol. The van der Waals surface area contributed by atoms with Crippen LogP contribution in [0.15, 0.2) is 29.8 Å². The topological polar surface area (TPSA) is 37.4 Å². The molecule has 4 nitrogen and oxygen atoms in total. The van der Waals surface area contributed by atoms with Crippen molar-refractivity contribution in [2.45, 2.75) is 39.3 Å². The Bertz CT molecular complexity index is 491. The minimum absolute atomic E-state index is 0.112. The normalized spacial score (nSPS) is 16.0. The predicted octanol–water partition coefficient (Wildman–Crippen LogP) is 2.75. The summed E-state index contributed by atoms with van der Waals surface area (Å²) in [5, 5.41) is 3.48. The molecule has 0 radical (unpaired) electrons. The van der Waals surface area contributed by atoms with E-state index in [0.717, 1.165) is 44.2 Å². The van der Waals surface area contributed by atoms with Crippen LogP contribution in [0.3, 0.4) is 0 Å². The van der Waals surface area contributed by atoms with Gasteiger partial charge in [-0.3, -0.25) is 0 Å². The minimum Gasteiger partial charge on any atom is -0.380 e. The Kier molecular flexibility index (Phi) is 5.37. The fraction of sp³-hybridized carbons (Fsp3) is 0.588. The molecule has 2 rings (SSSR count). The maximum Gasteiger partial charge on any atom is 0.129 e. The molecule has 0 aliphatic carbocycles. The summed E-state index contributed by atoms with van der Waals surface area (Å²) in [7, 11) is 1.75. The summed E-state index contributed by atoms with van der Waals surface area (Å²) in [6.45, 7) is 9.99. The van der Waals surface area contributed by atoms with E-state index in [2.05, 4.69) is 55.3 Å². The molecule has 1 aliphatic rings. The molecular formula is C17H27N3O. The molecule has 1 aromatic rings. The number of hydrogen-bond acceptors (Lipinski definition) is 4. The van der Waals surface area contributed by atoms with E-state index in [-0.39, 0.29) is 5.54 Å². The van der Waals surface area contributed by atoms with Crippen molar-refractivity contribution in [1.82, 2.24) is 10.3 Å². The average Bonchev–Trinajstić information content (AvgIpc) is 2.46. The fourth-order valence-corrected chi connectivity index (χ4v) is 2.33. The number of methoxy groups -OCH3 is 1. The molecule has 0 bridgehead atoms. The highest BCUT2D eigenvalue weighted by atomic mass is 16.5. The van der Waals surface area contributed by atoms with Gasteiger partial charge in [-0.2, -0.15) is 0 Å². The summed E-state index contributed by atoms with van der Waals surface area (Å²) < 4.78 is 5.19. The lowest BCUT2D eigenvalue weighted by molar-refractivity contribution is 0.222. The fourth-order valence-electron chi connectivity index (χ4n) is 2.33. The van der Waals surface area contributed by atoms with Crippen LogP contribution < -0.4 is 10.2 Å². The van der Waals surface area contributed by atoms with Crippen LogP contribution in [-0.2, 0) is 11.3 Å². The zero-order valence-electron chi connectivity index (χ0n) is 13.6. The molecule has 2 heterocycles. The zero-order valence-corrected chi connectivity index (χ0v) is 13.6. The van der Waals surface area contributed by atoms with E-state index in [9.17, 15) is 0 Å². The number of hydrogen-bond donors (Lipinski definition) is 1. The summed E-state index contributed by atoms with van der Waals surface area (Å²) in [4.78, 5) is 7.09. The van der Waals surface area contributed by atoms with Crippen LogP contribution in [0.2, 0.25) is 0 Å². The number of nitrogens with one attached hydrogen (secondary N) is 1. The van der Waals surface area contributed by atoms with Gasteiger partial charge in [0.05, 0.1) is 12.3 Å². The Morgan fingerprint density at radius 2 is 2.14 bits per heavy atom. The second kappa shape index (κ2) is 7.05. The van der Waals surface area contributed by atoms with Crippen molar-refractivity contribution >= 4 is 5.82 Å². The number of anilines is 1. The van der Waals surface area contributed by atoms with Gasteiger partial charge in [-0.05, 0) is 44.9 Å². The van der Waals surface area contributed by atoms with Gasteiger partial charge in [0.2, 0.25) is 0 Å². The van der Waals surface area contributed by atoms with Crippen LogP contribution in [-0.4, -0.2) is 37.3 Å². The van der Waals surface area contributed by atoms with Crippen molar-refractivity contribution in [3.63, 3.8) is 0 Å². The van der Waals surface area contributed by atoms with Gasteiger partial charge in [0.1, 0.15) is 5.82 Å². The molecule has 1 aliphatic heterocycles. The zero-order chi connectivity index (χ0) is 15.3. The lowest BCUT2D eigenvalue weighted by Crippen LogP contribution is -2.35. The minimum atomic E-state index is 0.112. The third kappa shape index (κ3) is 5.14. The molecule has 0 saturated carbocycles. The van der Waals surface area contributed by atoms with Gasteiger partial charge in [0.25, 0.3) is 0 Å². The maximum absolute atomic E-state index is 5.19.